The van der Waals surface area contributed by atoms with E-state index < -0.39 is 56.1 Å². The van der Waals surface area contributed by atoms with Gasteiger partial charge in [0.2, 0.25) is 6.79 Å². The topological polar surface area (TPSA) is 203 Å². The standard InChI is InChI=1S/C43H50N5O13P/c1-42(2,3)60-62(54,61-43(4,5)6)59-32-15-8-7-11-27(32)17-21-37(51)56-26-57-40(52)46(31-24-48-36(50)20-16-28-12-9-14-30(31)38(28)48)22-10-13-29-23-47(41(53)58-29)34-19-18-33-39(44-34)45-35(49)25-55-33/h7-9,11-12,14-16,18-20,29,31H,10,13,17,21-26H2,1-6H3,(H,44,45,49)/t29-,31+/m0/s1. The predicted octanol–water partition coefficient (Wildman–Crippen LogP) is 7.28. The summed E-state index contributed by atoms with van der Waals surface area (Å²) in [5.74, 6) is 0.0692. The summed E-state index contributed by atoms with van der Waals surface area (Å²) in [4.78, 5) is 71.8. The smallest absolute Gasteiger partial charge is 0.480 e. The Morgan fingerprint density at radius 1 is 0.919 bits per heavy atom. The van der Waals surface area contributed by atoms with Gasteiger partial charge in [-0.05, 0) is 96.0 Å². The lowest BCUT2D eigenvalue weighted by Gasteiger charge is -2.31. The minimum Gasteiger partial charge on any atom is -0.480 e. The highest BCUT2D eigenvalue weighted by Crippen LogP contribution is 2.55. The molecule has 4 aromatic rings. The fourth-order valence-corrected chi connectivity index (χ4v) is 9.26. The Labute approximate surface area is 357 Å². The highest BCUT2D eigenvalue weighted by Gasteiger charge is 2.40. The molecule has 0 bridgehead atoms. The predicted molar refractivity (Wildman–Crippen MR) is 225 cm³/mol. The van der Waals surface area contributed by atoms with Crippen molar-refractivity contribution >= 4 is 54.4 Å². The van der Waals surface area contributed by atoms with E-state index in [0.717, 1.165) is 10.9 Å². The van der Waals surface area contributed by atoms with Gasteiger partial charge >= 0.3 is 26.0 Å². The van der Waals surface area contributed by atoms with Crippen LogP contribution < -0.4 is 25.0 Å². The lowest BCUT2D eigenvalue weighted by atomic mass is 10.0. The van der Waals surface area contributed by atoms with Crippen LogP contribution in [0.15, 0.2) is 71.5 Å². The normalized spacial score (nSPS) is 17.2. The van der Waals surface area contributed by atoms with Crippen LogP contribution in [0.25, 0.3) is 10.9 Å². The van der Waals surface area contributed by atoms with Crippen LogP contribution in [-0.2, 0) is 50.4 Å². The average Bonchev–Trinajstić information content (AvgIpc) is 3.77. The van der Waals surface area contributed by atoms with E-state index in [-0.39, 0.29) is 67.9 Å². The zero-order chi connectivity index (χ0) is 44.4. The van der Waals surface area contributed by atoms with Gasteiger partial charge in [0.1, 0.15) is 17.7 Å². The average molecular weight is 876 g/mol. The Kier molecular flexibility index (Phi) is 12.7. The van der Waals surface area contributed by atoms with Gasteiger partial charge in [-0.2, -0.15) is 0 Å². The number of cyclic esters (lactones) is 1. The summed E-state index contributed by atoms with van der Waals surface area (Å²) in [7, 11) is -4.12. The number of aromatic nitrogens is 2. The van der Waals surface area contributed by atoms with Crippen LogP contribution in [0.1, 0.15) is 78.0 Å². The van der Waals surface area contributed by atoms with E-state index in [4.69, 9.17) is 32.5 Å². The van der Waals surface area contributed by atoms with Crippen molar-refractivity contribution in [1.82, 2.24) is 14.5 Å². The number of aryl methyl sites for hydroxylation is 1. The fourth-order valence-electron chi connectivity index (χ4n) is 7.39. The molecule has 3 amide bonds. The van der Waals surface area contributed by atoms with Crippen LogP contribution >= 0.6 is 7.82 Å². The SMILES string of the molecule is CC(C)(C)OP(=O)(Oc1ccccc1CCC(=O)OCOC(=O)N(CCC[C@H]1CN(c2ccc3c(n2)NC(=O)CO3)C(=O)O1)[C@@H]1Cn2c(=O)ccc3cccc1c32)OC(C)(C)C. The molecule has 0 saturated carbocycles. The lowest BCUT2D eigenvalue weighted by molar-refractivity contribution is -0.152. The van der Waals surface area contributed by atoms with E-state index >= 15 is 0 Å². The number of carbonyl (C=O) groups excluding carboxylic acids is 4. The van der Waals surface area contributed by atoms with Gasteiger partial charge in [0.15, 0.2) is 18.2 Å². The summed E-state index contributed by atoms with van der Waals surface area (Å²) in [6.07, 6.45) is -1.19. The first kappa shape index (κ1) is 44.1. The number of phosphoric ester groups is 1. The maximum Gasteiger partial charge on any atom is 0.531 e. The molecule has 1 saturated heterocycles. The molecule has 62 heavy (non-hydrogen) atoms. The molecule has 0 unspecified atom stereocenters. The number of para-hydroxylation sites is 2. The summed E-state index contributed by atoms with van der Waals surface area (Å²) in [5, 5.41) is 3.47. The van der Waals surface area contributed by atoms with Crippen molar-refractivity contribution in [3.8, 4) is 11.5 Å². The van der Waals surface area contributed by atoms with Gasteiger partial charge < -0.3 is 33.4 Å². The number of anilines is 2. The van der Waals surface area contributed by atoms with E-state index in [9.17, 15) is 28.5 Å². The molecule has 2 aromatic heterocycles. The molecule has 0 aliphatic carbocycles. The number of benzene rings is 2. The number of amides is 3. The van der Waals surface area contributed by atoms with Gasteiger partial charge in [-0.15, -0.1) is 0 Å². The first-order valence-electron chi connectivity index (χ1n) is 20.3. The van der Waals surface area contributed by atoms with Gasteiger partial charge in [0.25, 0.3) is 11.5 Å². The van der Waals surface area contributed by atoms with Crippen molar-refractivity contribution in [3.63, 3.8) is 0 Å². The van der Waals surface area contributed by atoms with Gasteiger partial charge in [-0.1, -0.05) is 36.4 Å². The second-order valence-corrected chi connectivity index (χ2v) is 18.4. The van der Waals surface area contributed by atoms with Gasteiger partial charge in [-0.25, -0.2) is 19.1 Å². The van der Waals surface area contributed by atoms with Crippen LogP contribution in [0.2, 0.25) is 0 Å². The van der Waals surface area contributed by atoms with E-state index in [0.29, 0.717) is 29.7 Å². The zero-order valence-corrected chi connectivity index (χ0v) is 36.3. The Morgan fingerprint density at radius 2 is 1.68 bits per heavy atom. The van der Waals surface area contributed by atoms with Crippen molar-refractivity contribution in [2.75, 3.05) is 36.7 Å². The highest BCUT2D eigenvalue weighted by molar-refractivity contribution is 7.49. The van der Waals surface area contributed by atoms with Crippen molar-refractivity contribution in [2.24, 2.45) is 0 Å². The van der Waals surface area contributed by atoms with Crippen LogP contribution in [0.3, 0.4) is 0 Å². The number of fused-ring (bicyclic) bond motifs is 1. The Bertz CT molecular complexity index is 2460. The molecule has 18 nitrogen and oxygen atoms in total. The molecule has 3 aliphatic heterocycles. The van der Waals surface area contributed by atoms with Crippen LogP contribution in [0.5, 0.6) is 11.5 Å². The Hall–Kier alpha value is -5.97. The van der Waals surface area contributed by atoms with Gasteiger partial charge in [0, 0.05) is 24.6 Å². The third-order valence-electron chi connectivity index (χ3n) is 9.86. The molecule has 0 spiro atoms. The molecular weight excluding hydrogens is 825 g/mol. The molecule has 2 aromatic carbocycles. The second kappa shape index (κ2) is 17.8. The van der Waals surface area contributed by atoms with E-state index in [1.54, 1.807) is 88.6 Å². The molecular formula is C43H50N5O13P. The number of rotatable bonds is 15. The van der Waals surface area contributed by atoms with Gasteiger partial charge in [0.05, 0.1) is 35.9 Å². The summed E-state index contributed by atoms with van der Waals surface area (Å²) in [6, 6.07) is 18.2. The molecule has 3 aliphatic rings. The number of ether oxygens (including phenoxy) is 4. The van der Waals surface area contributed by atoms with E-state index in [1.807, 2.05) is 18.2 Å². The zero-order valence-electron chi connectivity index (χ0n) is 35.4. The molecule has 19 heteroatoms. The van der Waals surface area contributed by atoms with Gasteiger partial charge in [-0.3, -0.25) is 33.2 Å². The number of phosphoric acid groups is 1. The minimum atomic E-state index is -4.12. The number of hydrogen-bond acceptors (Lipinski definition) is 14. The third kappa shape index (κ3) is 10.5. The molecule has 0 radical (unpaired) electrons. The number of hydrogen-bond donors (Lipinski definition) is 1. The molecule has 7 rings (SSSR count). The van der Waals surface area contributed by atoms with Crippen molar-refractivity contribution in [3.05, 3.63) is 88.2 Å². The number of nitrogens with one attached hydrogen (secondary N) is 1. The van der Waals surface area contributed by atoms with Crippen LogP contribution in [-0.4, -0.2) is 82.3 Å². The number of carbonyl (C=O) groups is 4. The van der Waals surface area contributed by atoms with Crippen molar-refractivity contribution in [1.29, 1.82) is 0 Å². The number of esters is 1. The van der Waals surface area contributed by atoms with E-state index in [2.05, 4.69) is 10.3 Å². The molecule has 330 valence electrons. The Morgan fingerprint density at radius 3 is 2.44 bits per heavy atom. The van der Waals surface area contributed by atoms with Crippen LogP contribution in [0.4, 0.5) is 21.2 Å². The number of pyridine rings is 2. The lowest BCUT2D eigenvalue weighted by Crippen LogP contribution is -2.38. The monoisotopic (exact) mass is 875 g/mol. The molecule has 5 heterocycles. The summed E-state index contributed by atoms with van der Waals surface area (Å²) < 4.78 is 54.7. The first-order valence-corrected chi connectivity index (χ1v) is 21.7. The Balaban J connectivity index is 0.980. The summed E-state index contributed by atoms with van der Waals surface area (Å²) in [5.41, 5.74) is 0.0931. The van der Waals surface area contributed by atoms with Crippen LogP contribution in [0, 0.1) is 0 Å². The largest absolute Gasteiger partial charge is 0.531 e. The quantitative estimate of drug-likeness (QED) is 0.0709. The highest BCUT2D eigenvalue weighted by atomic mass is 31.2. The third-order valence-corrected chi connectivity index (χ3v) is 11.8. The molecule has 2 atom stereocenters. The second-order valence-electron chi connectivity index (χ2n) is 17.0. The minimum absolute atomic E-state index is 0.126. The van der Waals surface area contributed by atoms with E-state index in [1.165, 1.54) is 15.9 Å². The number of nitrogens with zero attached hydrogens (tertiary/aromatic N) is 4. The first-order chi connectivity index (χ1) is 29.3. The fraction of sp³-hybridized carbons (Fsp3) is 0.442. The molecule has 1 fully saturated rings. The maximum absolute atomic E-state index is 13.9. The van der Waals surface area contributed by atoms with Crippen molar-refractivity contribution < 1.29 is 56.3 Å². The maximum atomic E-state index is 13.9. The molecule has 1 N–H and O–H groups in total. The van der Waals surface area contributed by atoms with Crippen molar-refractivity contribution in [2.45, 2.75) is 97.1 Å². The summed E-state index contributed by atoms with van der Waals surface area (Å²) >= 11 is 0. The summed E-state index contributed by atoms with van der Waals surface area (Å²) in [6.45, 7) is 10.1.